The van der Waals surface area contributed by atoms with Gasteiger partial charge < -0.3 is 0 Å². The van der Waals surface area contributed by atoms with E-state index in [1.54, 1.807) is 0 Å². The number of quaternary nitrogens is 1. The molecule has 3 heteroatoms. The van der Waals surface area contributed by atoms with Crippen LogP contribution in [0.5, 0.6) is 0 Å². The number of rotatable bonds is 4. The molecule has 0 atom stereocenters. The predicted octanol–water partition coefficient (Wildman–Crippen LogP) is 2.84. The Morgan fingerprint density at radius 2 is 1.50 bits per heavy atom. The molecule has 0 unspecified atom stereocenters. The zero-order valence-corrected chi connectivity index (χ0v) is 12.4. The van der Waals surface area contributed by atoms with Crippen molar-refractivity contribution in [2.75, 3.05) is 21.1 Å². The van der Waals surface area contributed by atoms with Crippen molar-refractivity contribution in [3.05, 3.63) is 71.8 Å². The Morgan fingerprint density at radius 3 is 2.05 bits per heavy atom. The van der Waals surface area contributed by atoms with E-state index in [0.717, 1.165) is 17.9 Å². The van der Waals surface area contributed by atoms with Crippen molar-refractivity contribution >= 4 is 5.84 Å². The minimum atomic E-state index is 0.644. The minimum absolute atomic E-state index is 0.644. The lowest BCUT2D eigenvalue weighted by atomic mass is 10.2. The highest BCUT2D eigenvalue weighted by Crippen LogP contribution is 2.08. The normalized spacial score (nSPS) is 12.2. The van der Waals surface area contributed by atoms with Crippen molar-refractivity contribution < 1.29 is 4.59 Å². The van der Waals surface area contributed by atoms with E-state index in [4.69, 9.17) is 0 Å². The van der Waals surface area contributed by atoms with Gasteiger partial charge in [-0.2, -0.15) is 0 Å². The summed E-state index contributed by atoms with van der Waals surface area (Å²) in [5, 5.41) is 0. The van der Waals surface area contributed by atoms with E-state index in [1.807, 2.05) is 31.3 Å². The van der Waals surface area contributed by atoms with Crippen LogP contribution >= 0.6 is 0 Å². The second-order valence-electron chi connectivity index (χ2n) is 5.38. The Balaban J connectivity index is 2.11. The van der Waals surface area contributed by atoms with Crippen LogP contribution in [0.25, 0.3) is 0 Å². The summed E-state index contributed by atoms with van der Waals surface area (Å²) < 4.78 is 0.644. The van der Waals surface area contributed by atoms with Gasteiger partial charge in [-0.25, -0.2) is 10.0 Å². The second-order valence-corrected chi connectivity index (χ2v) is 5.38. The third kappa shape index (κ3) is 3.93. The number of nitrogens with one attached hydrogen (secondary N) is 1. The first-order valence-corrected chi connectivity index (χ1v) is 6.78. The average Bonchev–Trinajstić information content (AvgIpc) is 2.46. The minimum Gasteiger partial charge on any atom is -0.267 e. The maximum Gasteiger partial charge on any atom is 0.176 e. The van der Waals surface area contributed by atoms with Gasteiger partial charge in [-0.1, -0.05) is 60.7 Å². The van der Waals surface area contributed by atoms with Crippen LogP contribution in [0, 0.1) is 0 Å². The summed E-state index contributed by atoms with van der Waals surface area (Å²) in [6, 6.07) is 20.7. The zero-order chi connectivity index (χ0) is 14.4. The SMILES string of the molecule is CN=C(N[N+](C)(C)Cc1ccccc1)c1ccccc1. The number of benzene rings is 2. The van der Waals surface area contributed by atoms with Gasteiger partial charge in [0, 0.05) is 18.2 Å². The molecule has 0 aliphatic carbocycles. The molecule has 0 heterocycles. The highest BCUT2D eigenvalue weighted by Gasteiger charge is 2.18. The molecule has 0 fully saturated rings. The van der Waals surface area contributed by atoms with E-state index in [9.17, 15) is 0 Å². The van der Waals surface area contributed by atoms with Gasteiger partial charge in [0.2, 0.25) is 0 Å². The van der Waals surface area contributed by atoms with Gasteiger partial charge in [0.25, 0.3) is 0 Å². The molecule has 104 valence electrons. The largest absolute Gasteiger partial charge is 0.267 e. The third-order valence-corrected chi connectivity index (χ3v) is 3.10. The highest BCUT2D eigenvalue weighted by atomic mass is 15.6. The molecule has 0 aromatic heterocycles. The van der Waals surface area contributed by atoms with Crippen LogP contribution in [0.15, 0.2) is 65.7 Å². The molecule has 0 aliphatic heterocycles. The van der Waals surface area contributed by atoms with E-state index < -0.39 is 0 Å². The maximum absolute atomic E-state index is 4.38. The molecule has 0 saturated heterocycles. The number of hydrogen-bond acceptors (Lipinski definition) is 1. The second kappa shape index (κ2) is 6.35. The van der Waals surface area contributed by atoms with Gasteiger partial charge in [-0.05, 0) is 0 Å². The highest BCUT2D eigenvalue weighted by molar-refractivity contribution is 5.97. The molecule has 0 saturated carbocycles. The first-order valence-electron chi connectivity index (χ1n) is 6.78. The Morgan fingerprint density at radius 1 is 0.950 bits per heavy atom. The van der Waals surface area contributed by atoms with E-state index in [0.29, 0.717) is 4.59 Å². The monoisotopic (exact) mass is 268 g/mol. The van der Waals surface area contributed by atoms with Crippen LogP contribution in [0.1, 0.15) is 11.1 Å². The first-order chi connectivity index (χ1) is 9.61. The molecule has 1 N–H and O–H groups in total. The van der Waals surface area contributed by atoms with Gasteiger partial charge in [-0.15, -0.1) is 0 Å². The number of nitrogens with zero attached hydrogens (tertiary/aromatic N) is 2. The van der Waals surface area contributed by atoms with Crippen LogP contribution in [0.3, 0.4) is 0 Å². The smallest absolute Gasteiger partial charge is 0.176 e. The Labute approximate surface area is 121 Å². The number of hydrogen-bond donors (Lipinski definition) is 1. The van der Waals surface area contributed by atoms with Gasteiger partial charge in [-0.3, -0.25) is 4.99 Å². The van der Waals surface area contributed by atoms with Crippen molar-refractivity contribution in [1.82, 2.24) is 5.43 Å². The lowest BCUT2D eigenvalue weighted by Crippen LogP contribution is -2.53. The fraction of sp³-hybridized carbons (Fsp3) is 0.235. The Bertz CT molecular complexity index is 559. The standard InChI is InChI=1S/C17H22N3/c1-18-17(16-12-8-5-9-13-16)19-20(2,3)14-15-10-6-4-7-11-15/h4-13H,14H2,1-3H3,(H,18,19)/q+1. The number of aliphatic imine (C=N–C) groups is 1. The van der Waals surface area contributed by atoms with Crippen molar-refractivity contribution in [3.8, 4) is 0 Å². The van der Waals surface area contributed by atoms with Crippen LogP contribution in [0.2, 0.25) is 0 Å². The molecule has 3 nitrogen and oxygen atoms in total. The zero-order valence-electron chi connectivity index (χ0n) is 12.4. The molecule has 2 aromatic carbocycles. The van der Waals surface area contributed by atoms with E-state index in [1.165, 1.54) is 5.56 Å². The summed E-state index contributed by atoms with van der Waals surface area (Å²) in [4.78, 5) is 4.38. The molecule has 0 bridgehead atoms. The van der Waals surface area contributed by atoms with Gasteiger partial charge in [0.1, 0.15) is 6.54 Å². The van der Waals surface area contributed by atoms with Crippen molar-refractivity contribution in [2.24, 2.45) is 4.99 Å². The lowest BCUT2D eigenvalue weighted by molar-refractivity contribution is -0.936. The molecular weight excluding hydrogens is 246 g/mol. The summed E-state index contributed by atoms with van der Waals surface area (Å²) in [7, 11) is 6.10. The van der Waals surface area contributed by atoms with E-state index in [-0.39, 0.29) is 0 Å². The third-order valence-electron chi connectivity index (χ3n) is 3.10. The van der Waals surface area contributed by atoms with E-state index in [2.05, 4.69) is 60.9 Å². The summed E-state index contributed by atoms with van der Waals surface area (Å²) in [5.74, 6) is 0.909. The fourth-order valence-corrected chi connectivity index (χ4v) is 2.21. The van der Waals surface area contributed by atoms with Crippen molar-refractivity contribution in [3.63, 3.8) is 0 Å². The summed E-state index contributed by atoms with van der Waals surface area (Å²) in [5.41, 5.74) is 5.90. The maximum atomic E-state index is 4.38. The quantitative estimate of drug-likeness (QED) is 0.392. The Kier molecular flexibility index (Phi) is 4.53. The van der Waals surface area contributed by atoms with Gasteiger partial charge in [0.15, 0.2) is 5.84 Å². The molecule has 0 amide bonds. The molecule has 0 aliphatic rings. The lowest BCUT2D eigenvalue weighted by Gasteiger charge is -2.30. The molecule has 0 radical (unpaired) electrons. The Hall–Kier alpha value is -2.13. The first kappa shape index (κ1) is 14.3. The van der Waals surface area contributed by atoms with Gasteiger partial charge in [0.05, 0.1) is 14.1 Å². The predicted molar refractivity (Wildman–Crippen MR) is 84.3 cm³/mol. The molecule has 2 rings (SSSR count). The number of amidine groups is 1. The van der Waals surface area contributed by atoms with Crippen LogP contribution in [-0.2, 0) is 6.54 Å². The van der Waals surface area contributed by atoms with Gasteiger partial charge >= 0.3 is 0 Å². The fourth-order valence-electron chi connectivity index (χ4n) is 2.21. The average molecular weight is 268 g/mol. The molecule has 20 heavy (non-hydrogen) atoms. The molecule has 2 aromatic rings. The summed E-state index contributed by atoms with van der Waals surface area (Å²) in [6.07, 6.45) is 0. The van der Waals surface area contributed by atoms with E-state index >= 15 is 0 Å². The van der Waals surface area contributed by atoms with Crippen LogP contribution in [-0.4, -0.2) is 31.6 Å². The van der Waals surface area contributed by atoms with Crippen LogP contribution in [0.4, 0.5) is 0 Å². The van der Waals surface area contributed by atoms with Crippen molar-refractivity contribution in [1.29, 1.82) is 0 Å². The molecular formula is C17H22N3+. The van der Waals surface area contributed by atoms with Crippen molar-refractivity contribution in [2.45, 2.75) is 6.54 Å². The molecule has 0 spiro atoms. The van der Waals surface area contributed by atoms with Crippen LogP contribution < -0.4 is 5.43 Å². The summed E-state index contributed by atoms with van der Waals surface area (Å²) >= 11 is 0. The topological polar surface area (TPSA) is 24.4 Å². The summed E-state index contributed by atoms with van der Waals surface area (Å²) in [6.45, 7) is 0.896.